The molecular formula is C15H17N3O2. The molecule has 1 aliphatic carbocycles. The molecule has 0 aromatic heterocycles. The van der Waals surface area contributed by atoms with Gasteiger partial charge in [-0.1, -0.05) is 6.07 Å². The average Bonchev–Trinajstić information content (AvgIpc) is 2.52. The van der Waals surface area contributed by atoms with E-state index >= 15 is 0 Å². The summed E-state index contributed by atoms with van der Waals surface area (Å²) in [7, 11) is 0. The van der Waals surface area contributed by atoms with Crippen molar-refractivity contribution >= 4 is 5.91 Å². The van der Waals surface area contributed by atoms with Crippen molar-refractivity contribution in [2.45, 2.75) is 31.0 Å². The lowest BCUT2D eigenvalue weighted by molar-refractivity contribution is -0.117. The van der Waals surface area contributed by atoms with Crippen LogP contribution in [-0.4, -0.2) is 30.7 Å². The Morgan fingerprint density at radius 1 is 1.50 bits per heavy atom. The summed E-state index contributed by atoms with van der Waals surface area (Å²) in [5, 5.41) is 11.8. The van der Waals surface area contributed by atoms with Crippen molar-refractivity contribution in [3.05, 3.63) is 35.4 Å². The highest BCUT2D eigenvalue weighted by Crippen LogP contribution is 2.37. The van der Waals surface area contributed by atoms with E-state index < -0.39 is 0 Å². The predicted octanol–water partition coefficient (Wildman–Crippen LogP) is 0.793. The molecule has 1 saturated carbocycles. The highest BCUT2D eigenvalue weighted by Gasteiger charge is 2.51. The van der Waals surface area contributed by atoms with Gasteiger partial charge in [-0.05, 0) is 31.0 Å². The third-order valence-corrected chi connectivity index (χ3v) is 4.23. The average molecular weight is 271 g/mol. The second-order valence-electron chi connectivity index (χ2n) is 5.41. The lowest BCUT2D eigenvalue weighted by atomic mass is 9.68. The summed E-state index contributed by atoms with van der Waals surface area (Å²) in [5.74, 6) is 0.162. The van der Waals surface area contributed by atoms with Crippen molar-refractivity contribution in [2.24, 2.45) is 11.7 Å². The number of rotatable bonds is 2. The van der Waals surface area contributed by atoms with Crippen LogP contribution in [0, 0.1) is 17.2 Å². The van der Waals surface area contributed by atoms with Crippen LogP contribution < -0.4 is 11.1 Å². The van der Waals surface area contributed by atoms with E-state index in [4.69, 9.17) is 15.7 Å². The lowest BCUT2D eigenvalue weighted by Gasteiger charge is -2.52. The van der Waals surface area contributed by atoms with Crippen LogP contribution >= 0.6 is 0 Å². The fourth-order valence-electron chi connectivity index (χ4n) is 3.09. The molecule has 1 aromatic rings. The van der Waals surface area contributed by atoms with Gasteiger partial charge in [0.25, 0.3) is 5.91 Å². The maximum absolute atomic E-state index is 12.2. The van der Waals surface area contributed by atoms with Gasteiger partial charge in [0.15, 0.2) is 0 Å². The minimum Gasteiger partial charge on any atom is -0.376 e. The predicted molar refractivity (Wildman–Crippen MR) is 72.9 cm³/mol. The quantitative estimate of drug-likeness (QED) is 0.832. The van der Waals surface area contributed by atoms with E-state index in [2.05, 4.69) is 5.32 Å². The maximum atomic E-state index is 12.2. The largest absolute Gasteiger partial charge is 0.376 e. The molecule has 104 valence electrons. The highest BCUT2D eigenvalue weighted by atomic mass is 16.5. The molecule has 2 aliphatic rings. The van der Waals surface area contributed by atoms with Crippen molar-refractivity contribution in [3.63, 3.8) is 0 Å². The number of fused-ring (bicyclic) bond motifs is 1. The van der Waals surface area contributed by atoms with Gasteiger partial charge >= 0.3 is 0 Å². The molecular weight excluding hydrogens is 254 g/mol. The number of hydrogen-bond acceptors (Lipinski definition) is 4. The maximum Gasteiger partial charge on any atom is 0.251 e. The number of ether oxygens (including phenoxy) is 1. The van der Waals surface area contributed by atoms with Gasteiger partial charge in [-0.15, -0.1) is 0 Å². The molecule has 0 radical (unpaired) electrons. The molecule has 2 fully saturated rings. The van der Waals surface area contributed by atoms with Crippen LogP contribution in [0.1, 0.15) is 28.8 Å². The molecule has 20 heavy (non-hydrogen) atoms. The molecule has 1 heterocycles. The van der Waals surface area contributed by atoms with Crippen molar-refractivity contribution in [2.75, 3.05) is 6.61 Å². The fraction of sp³-hybridized carbons (Fsp3) is 0.467. The molecule has 0 spiro atoms. The minimum absolute atomic E-state index is 0.0385. The van der Waals surface area contributed by atoms with Crippen LogP contribution in [0.5, 0.6) is 0 Å². The van der Waals surface area contributed by atoms with Crippen molar-refractivity contribution < 1.29 is 9.53 Å². The summed E-state index contributed by atoms with van der Waals surface area (Å²) in [6.45, 7) is 0.740. The van der Waals surface area contributed by atoms with E-state index in [1.807, 2.05) is 6.07 Å². The Kier molecular flexibility index (Phi) is 3.43. The first-order chi connectivity index (χ1) is 9.70. The normalized spacial score (nSPS) is 31.6. The third kappa shape index (κ3) is 2.17. The zero-order valence-corrected chi connectivity index (χ0v) is 11.1. The molecule has 3 N–H and O–H groups in total. The molecule has 1 aliphatic heterocycles. The fourth-order valence-corrected chi connectivity index (χ4v) is 3.09. The van der Waals surface area contributed by atoms with Crippen LogP contribution in [-0.2, 0) is 4.74 Å². The van der Waals surface area contributed by atoms with Gasteiger partial charge in [-0.2, -0.15) is 5.26 Å². The molecule has 4 atom stereocenters. The molecule has 5 nitrogen and oxygen atoms in total. The minimum atomic E-state index is -0.199. The Morgan fingerprint density at radius 2 is 2.35 bits per heavy atom. The van der Waals surface area contributed by atoms with E-state index in [-0.39, 0.29) is 24.1 Å². The first kappa shape index (κ1) is 13.1. The van der Waals surface area contributed by atoms with Crippen LogP contribution in [0.2, 0.25) is 0 Å². The topological polar surface area (TPSA) is 88.1 Å². The van der Waals surface area contributed by atoms with Crippen molar-refractivity contribution in [3.8, 4) is 6.07 Å². The van der Waals surface area contributed by atoms with Crippen LogP contribution in [0.25, 0.3) is 0 Å². The smallest absolute Gasteiger partial charge is 0.251 e. The Balaban J connectivity index is 1.68. The Bertz CT molecular complexity index is 566. The lowest BCUT2D eigenvalue weighted by Crippen LogP contribution is -2.72. The van der Waals surface area contributed by atoms with Gasteiger partial charge < -0.3 is 15.8 Å². The second-order valence-corrected chi connectivity index (χ2v) is 5.41. The number of nitrogens with one attached hydrogen (secondary N) is 1. The highest BCUT2D eigenvalue weighted by molar-refractivity contribution is 5.94. The Hall–Kier alpha value is -1.90. The van der Waals surface area contributed by atoms with Gasteiger partial charge in [-0.25, -0.2) is 0 Å². The monoisotopic (exact) mass is 271 g/mol. The molecule has 0 bridgehead atoms. The SMILES string of the molecule is N#Cc1cccc(C(=O)NC2C(N)C3CCCOC32)c1. The molecule has 1 amide bonds. The second kappa shape index (κ2) is 5.23. The number of carbonyl (C=O) groups is 1. The number of amides is 1. The van der Waals surface area contributed by atoms with E-state index in [0.717, 1.165) is 19.4 Å². The van der Waals surface area contributed by atoms with E-state index in [0.29, 0.717) is 17.0 Å². The zero-order chi connectivity index (χ0) is 14.1. The first-order valence-corrected chi connectivity index (χ1v) is 6.89. The standard InChI is InChI=1S/C15H17N3O2/c16-8-9-3-1-4-10(7-9)15(19)18-13-12(17)11-5-2-6-20-14(11)13/h1,3-4,7,11-14H,2,5-6,17H2,(H,18,19). The van der Waals surface area contributed by atoms with Crippen molar-refractivity contribution in [1.29, 1.82) is 5.26 Å². The summed E-state index contributed by atoms with van der Waals surface area (Å²) < 4.78 is 5.69. The van der Waals surface area contributed by atoms with E-state index in [1.165, 1.54) is 0 Å². The van der Waals surface area contributed by atoms with Crippen molar-refractivity contribution in [1.82, 2.24) is 5.32 Å². The summed E-state index contributed by atoms with van der Waals surface area (Å²) in [5.41, 5.74) is 7.07. The van der Waals surface area contributed by atoms with Gasteiger partial charge in [0, 0.05) is 24.1 Å². The Labute approximate surface area is 117 Å². The summed E-state index contributed by atoms with van der Waals surface area (Å²) >= 11 is 0. The first-order valence-electron chi connectivity index (χ1n) is 6.89. The van der Waals surface area contributed by atoms with Crippen LogP contribution in [0.3, 0.4) is 0 Å². The number of carbonyl (C=O) groups excluding carboxylic acids is 1. The summed E-state index contributed by atoms with van der Waals surface area (Å²) in [4.78, 5) is 12.2. The van der Waals surface area contributed by atoms with Crippen LogP contribution in [0.15, 0.2) is 24.3 Å². The van der Waals surface area contributed by atoms with E-state index in [9.17, 15) is 4.79 Å². The zero-order valence-electron chi connectivity index (χ0n) is 11.1. The number of hydrogen-bond donors (Lipinski definition) is 2. The Morgan fingerprint density at radius 3 is 3.15 bits per heavy atom. The number of nitrogens with zero attached hydrogens (tertiary/aromatic N) is 1. The summed E-state index contributed by atoms with van der Waals surface area (Å²) in [6.07, 6.45) is 2.16. The molecule has 3 rings (SSSR count). The number of benzene rings is 1. The van der Waals surface area contributed by atoms with Gasteiger partial charge in [-0.3, -0.25) is 4.79 Å². The van der Waals surface area contributed by atoms with Crippen LogP contribution in [0.4, 0.5) is 0 Å². The van der Waals surface area contributed by atoms with E-state index in [1.54, 1.807) is 24.3 Å². The van der Waals surface area contributed by atoms with Gasteiger partial charge in [0.2, 0.25) is 0 Å². The molecule has 1 saturated heterocycles. The number of nitriles is 1. The summed E-state index contributed by atoms with van der Waals surface area (Å²) in [6, 6.07) is 8.51. The molecule has 4 unspecified atom stereocenters. The van der Waals surface area contributed by atoms with Gasteiger partial charge in [0.1, 0.15) is 0 Å². The van der Waals surface area contributed by atoms with Gasteiger partial charge in [0.05, 0.1) is 23.8 Å². The number of nitrogens with two attached hydrogens (primary N) is 1. The molecule has 1 aromatic carbocycles. The third-order valence-electron chi connectivity index (χ3n) is 4.23. The molecule has 5 heteroatoms.